The van der Waals surface area contributed by atoms with Crippen molar-refractivity contribution in [3.05, 3.63) is 58.6 Å². The molecule has 0 amide bonds. The van der Waals surface area contributed by atoms with Crippen molar-refractivity contribution in [1.82, 2.24) is 9.27 Å². The first-order valence-corrected chi connectivity index (χ1v) is 9.86. The lowest BCUT2D eigenvalue weighted by Gasteiger charge is -2.11. The van der Waals surface area contributed by atoms with Crippen LogP contribution in [0.15, 0.2) is 47.5 Å². The number of aliphatic imine (C=N–C) groups is 1. The average molecular weight is 411 g/mol. The van der Waals surface area contributed by atoms with Crippen molar-refractivity contribution in [2.75, 3.05) is 13.6 Å². The smallest absolute Gasteiger partial charge is 0.218 e. The van der Waals surface area contributed by atoms with Gasteiger partial charge in [-0.3, -0.25) is 0 Å². The van der Waals surface area contributed by atoms with E-state index in [4.69, 9.17) is 16.3 Å². The van der Waals surface area contributed by atoms with E-state index < -0.39 is 0 Å². The molecule has 0 saturated carbocycles. The third-order valence-electron chi connectivity index (χ3n) is 4.17. The first kappa shape index (κ1) is 19.9. The van der Waals surface area contributed by atoms with Crippen LogP contribution in [0.5, 0.6) is 10.8 Å². The zero-order valence-electron chi connectivity index (χ0n) is 15.8. The largest absolute Gasteiger partial charge is 0.442 e. The fourth-order valence-corrected chi connectivity index (χ4v) is 3.37. The second kappa shape index (κ2) is 8.87. The minimum atomic E-state index is 0.400. The summed E-state index contributed by atoms with van der Waals surface area (Å²) in [4.78, 5) is 6.43. The zero-order valence-corrected chi connectivity index (χ0v) is 17.4. The second-order valence-electron chi connectivity index (χ2n) is 6.16. The summed E-state index contributed by atoms with van der Waals surface area (Å²) < 4.78 is 10.4. The summed E-state index contributed by atoms with van der Waals surface area (Å²) >= 11 is 7.55. The van der Waals surface area contributed by atoms with E-state index in [1.165, 1.54) is 0 Å². The second-order valence-corrected chi connectivity index (χ2v) is 7.30. The number of benzene rings is 2. The van der Waals surface area contributed by atoms with Crippen LogP contribution in [0.4, 0.5) is 5.69 Å². The van der Waals surface area contributed by atoms with Gasteiger partial charge < -0.3 is 9.64 Å². The Labute approximate surface area is 173 Å². The fourth-order valence-electron chi connectivity index (χ4n) is 2.44. The van der Waals surface area contributed by atoms with Crippen LogP contribution in [0.25, 0.3) is 11.3 Å². The van der Waals surface area contributed by atoms with E-state index in [2.05, 4.69) is 15.4 Å². The van der Waals surface area contributed by atoms with Crippen LogP contribution in [0.1, 0.15) is 18.1 Å². The van der Waals surface area contributed by atoms with Crippen molar-refractivity contribution in [1.29, 1.82) is 5.26 Å². The summed E-state index contributed by atoms with van der Waals surface area (Å²) in [6.07, 6.45) is 1.77. The molecule has 3 aromatic rings. The van der Waals surface area contributed by atoms with Crippen LogP contribution in [0.2, 0.25) is 5.02 Å². The van der Waals surface area contributed by atoms with Gasteiger partial charge in [0, 0.05) is 30.7 Å². The van der Waals surface area contributed by atoms with Crippen molar-refractivity contribution in [2.45, 2.75) is 13.8 Å². The molecule has 2 aromatic carbocycles. The number of hydrogen-bond donors (Lipinski definition) is 0. The van der Waals surface area contributed by atoms with Gasteiger partial charge in [0.05, 0.1) is 17.0 Å². The standard InChI is InChI=1S/C21H19ClN4OS/c1-4-26(3)13-24-18-11-17(22)19(10-14(18)2)27-21-16(12-23)20(25-28-21)15-8-6-5-7-9-15/h5-11,13H,4H2,1-3H3/b24-13-. The normalized spacial score (nSPS) is 10.8. The Morgan fingerprint density at radius 2 is 2.07 bits per heavy atom. The minimum Gasteiger partial charge on any atom is -0.442 e. The SMILES string of the molecule is CCN(C)/C=N\c1cc(Cl)c(Oc2snc(-c3ccccc3)c2C#N)cc1C. The monoisotopic (exact) mass is 410 g/mol. The Hall–Kier alpha value is -2.88. The maximum Gasteiger partial charge on any atom is 0.218 e. The topological polar surface area (TPSA) is 61.5 Å². The van der Waals surface area contributed by atoms with E-state index in [0.29, 0.717) is 27.1 Å². The third kappa shape index (κ3) is 4.33. The Balaban J connectivity index is 1.91. The zero-order chi connectivity index (χ0) is 20.1. The lowest BCUT2D eigenvalue weighted by molar-refractivity contribution is 0.495. The highest BCUT2D eigenvalue weighted by atomic mass is 35.5. The molecular weight excluding hydrogens is 392 g/mol. The first-order valence-electron chi connectivity index (χ1n) is 8.71. The molecule has 0 atom stereocenters. The van der Waals surface area contributed by atoms with Crippen molar-refractivity contribution < 1.29 is 4.74 Å². The van der Waals surface area contributed by atoms with Gasteiger partial charge in [0.25, 0.3) is 0 Å². The number of rotatable bonds is 6. The van der Waals surface area contributed by atoms with Gasteiger partial charge in [-0.1, -0.05) is 41.9 Å². The van der Waals surface area contributed by atoms with E-state index >= 15 is 0 Å². The molecule has 0 spiro atoms. The van der Waals surface area contributed by atoms with Gasteiger partial charge in [0.2, 0.25) is 5.06 Å². The molecule has 0 aliphatic carbocycles. The molecule has 1 heterocycles. The highest BCUT2D eigenvalue weighted by Crippen LogP contribution is 2.40. The number of aryl methyl sites for hydroxylation is 1. The summed E-state index contributed by atoms with van der Waals surface area (Å²) in [7, 11) is 1.95. The van der Waals surface area contributed by atoms with E-state index in [0.717, 1.165) is 34.9 Å². The minimum absolute atomic E-state index is 0.400. The Bertz CT molecular complexity index is 1040. The Morgan fingerprint density at radius 1 is 1.32 bits per heavy atom. The average Bonchev–Trinajstić information content (AvgIpc) is 3.12. The fraction of sp³-hybridized carbons (Fsp3) is 0.190. The van der Waals surface area contributed by atoms with Crippen LogP contribution < -0.4 is 4.74 Å². The number of nitrogens with zero attached hydrogens (tertiary/aromatic N) is 4. The Morgan fingerprint density at radius 3 is 2.75 bits per heavy atom. The highest BCUT2D eigenvalue weighted by Gasteiger charge is 2.18. The van der Waals surface area contributed by atoms with E-state index in [1.807, 2.05) is 62.2 Å². The molecule has 3 rings (SSSR count). The number of nitriles is 1. The molecule has 0 aliphatic rings. The molecule has 0 saturated heterocycles. The van der Waals surface area contributed by atoms with Gasteiger partial charge in [-0.15, -0.1) is 0 Å². The maximum atomic E-state index is 9.62. The first-order chi connectivity index (χ1) is 13.5. The van der Waals surface area contributed by atoms with Crippen LogP contribution in [-0.4, -0.2) is 29.2 Å². The van der Waals surface area contributed by atoms with Crippen LogP contribution in [0.3, 0.4) is 0 Å². The molecule has 0 N–H and O–H groups in total. The predicted molar refractivity (Wildman–Crippen MR) is 115 cm³/mol. The van der Waals surface area contributed by atoms with Gasteiger partial charge in [-0.05, 0) is 31.5 Å². The van der Waals surface area contributed by atoms with E-state index in [-0.39, 0.29) is 0 Å². The third-order valence-corrected chi connectivity index (χ3v) is 5.19. The van der Waals surface area contributed by atoms with Crippen molar-refractivity contribution in [3.8, 4) is 28.1 Å². The van der Waals surface area contributed by atoms with Crippen molar-refractivity contribution in [2.24, 2.45) is 4.99 Å². The van der Waals surface area contributed by atoms with Crippen molar-refractivity contribution in [3.63, 3.8) is 0 Å². The molecule has 0 bridgehead atoms. The van der Waals surface area contributed by atoms with Crippen LogP contribution in [0, 0.1) is 18.3 Å². The van der Waals surface area contributed by atoms with Gasteiger partial charge in [0.1, 0.15) is 23.1 Å². The molecule has 7 heteroatoms. The maximum absolute atomic E-state index is 9.62. The van der Waals surface area contributed by atoms with Gasteiger partial charge in [0.15, 0.2) is 0 Å². The molecule has 142 valence electrons. The molecule has 0 aliphatic heterocycles. The molecule has 0 unspecified atom stereocenters. The van der Waals surface area contributed by atoms with E-state index in [9.17, 15) is 5.26 Å². The summed E-state index contributed by atoms with van der Waals surface area (Å²) in [6.45, 7) is 4.85. The number of aromatic nitrogens is 1. The number of halogens is 1. The highest BCUT2D eigenvalue weighted by molar-refractivity contribution is 7.08. The van der Waals surface area contributed by atoms with Crippen LogP contribution >= 0.6 is 23.1 Å². The summed E-state index contributed by atoms with van der Waals surface area (Å²) in [5, 5.41) is 10.5. The van der Waals surface area contributed by atoms with Gasteiger partial charge >= 0.3 is 0 Å². The van der Waals surface area contributed by atoms with E-state index in [1.54, 1.807) is 12.4 Å². The quantitative estimate of drug-likeness (QED) is 0.366. The van der Waals surface area contributed by atoms with Crippen LogP contribution in [-0.2, 0) is 0 Å². The summed E-state index contributed by atoms with van der Waals surface area (Å²) in [6, 6.07) is 15.3. The number of ether oxygens (including phenoxy) is 1. The predicted octanol–water partition coefficient (Wildman–Crippen LogP) is 6.05. The molecule has 0 radical (unpaired) electrons. The lowest BCUT2D eigenvalue weighted by Crippen LogP contribution is -2.14. The van der Waals surface area contributed by atoms with Crippen molar-refractivity contribution >= 4 is 35.2 Å². The molecular formula is C21H19ClN4OS. The molecule has 1 aromatic heterocycles. The van der Waals surface area contributed by atoms with Gasteiger partial charge in [-0.2, -0.15) is 9.64 Å². The summed E-state index contributed by atoms with van der Waals surface area (Å²) in [5.74, 6) is 0.474. The molecule has 5 nitrogen and oxygen atoms in total. The number of hydrogen-bond acceptors (Lipinski definition) is 5. The molecule has 0 fully saturated rings. The lowest BCUT2D eigenvalue weighted by atomic mass is 10.1. The molecule has 28 heavy (non-hydrogen) atoms. The Kier molecular flexibility index (Phi) is 6.30. The summed E-state index contributed by atoms with van der Waals surface area (Å²) in [5.41, 5.74) is 3.58. The van der Waals surface area contributed by atoms with Gasteiger partial charge in [-0.25, -0.2) is 4.99 Å².